The highest BCUT2D eigenvalue weighted by Gasteiger charge is 2.19. The van der Waals surface area contributed by atoms with Gasteiger partial charge in [0.05, 0.1) is 27.6 Å². The minimum Gasteiger partial charge on any atom is -0.346 e. The van der Waals surface area contributed by atoms with E-state index in [9.17, 15) is 0 Å². The molecule has 148 valence electrons. The van der Waals surface area contributed by atoms with Gasteiger partial charge in [-0.25, -0.2) is 19.3 Å². The fourth-order valence-electron chi connectivity index (χ4n) is 4.03. The highest BCUT2D eigenvalue weighted by Crippen LogP contribution is 2.34. The lowest BCUT2D eigenvalue weighted by Gasteiger charge is -2.02. The van der Waals surface area contributed by atoms with Crippen molar-refractivity contribution in [3.8, 4) is 11.3 Å². The van der Waals surface area contributed by atoms with Crippen molar-refractivity contribution < 1.29 is 4.39 Å². The predicted molar refractivity (Wildman–Crippen MR) is 120 cm³/mol. The highest BCUT2D eigenvalue weighted by atomic mass is 32.1. The summed E-state index contributed by atoms with van der Waals surface area (Å²) in [6, 6.07) is 11.5. The van der Waals surface area contributed by atoms with Crippen LogP contribution in [0.2, 0.25) is 0 Å². The molecule has 4 aromatic heterocycles. The van der Waals surface area contributed by atoms with E-state index in [2.05, 4.69) is 30.1 Å². The Hall–Kier alpha value is -4.11. The van der Waals surface area contributed by atoms with Crippen molar-refractivity contribution in [1.82, 2.24) is 35.1 Å². The molecular formula is C22H12FN7S. The first-order valence-electron chi connectivity index (χ1n) is 9.59. The van der Waals surface area contributed by atoms with Crippen LogP contribution in [-0.4, -0.2) is 35.1 Å². The fourth-order valence-corrected chi connectivity index (χ4v) is 4.98. The third-order valence-corrected chi connectivity index (χ3v) is 6.49. The van der Waals surface area contributed by atoms with Crippen LogP contribution in [0, 0.1) is 5.82 Å². The molecule has 0 radical (unpaired) electrons. The standard InChI is InChI=1S/C22H12FN7S/c23-18-12-1-2-14-17(18)20(30-29-14)22-27-19-13(5-6-25-21(19)28-22)15-3-4-16(31-15)26-11-7-10(12)8-24-9-11/h1-9,26,29-30H. The first-order valence-corrected chi connectivity index (χ1v) is 10.4. The zero-order valence-electron chi connectivity index (χ0n) is 15.8. The number of fused-ring (bicyclic) bond motifs is 9. The zero-order valence-corrected chi connectivity index (χ0v) is 16.6. The summed E-state index contributed by atoms with van der Waals surface area (Å²) in [5.41, 5.74) is 3.92. The van der Waals surface area contributed by atoms with Crippen LogP contribution in [0.15, 0.2) is 55.0 Å². The number of aromatic amines is 3. The quantitative estimate of drug-likeness (QED) is 0.301. The number of pyridine rings is 2. The van der Waals surface area contributed by atoms with E-state index in [-0.39, 0.29) is 5.82 Å². The summed E-state index contributed by atoms with van der Waals surface area (Å²) < 4.78 is 16.8. The molecule has 0 fully saturated rings. The van der Waals surface area contributed by atoms with Gasteiger partial charge in [-0.15, -0.1) is 11.3 Å². The Morgan fingerprint density at radius 3 is 2.84 bits per heavy atom. The molecule has 0 aliphatic carbocycles. The van der Waals surface area contributed by atoms with Gasteiger partial charge in [0.2, 0.25) is 0 Å². The molecule has 31 heavy (non-hydrogen) atoms. The average molecular weight is 425 g/mol. The molecule has 0 unspecified atom stereocenters. The Morgan fingerprint density at radius 1 is 0.903 bits per heavy atom. The molecule has 6 heterocycles. The van der Waals surface area contributed by atoms with Crippen molar-refractivity contribution >= 4 is 64.9 Å². The summed E-state index contributed by atoms with van der Waals surface area (Å²) in [4.78, 5) is 22.4. The molecule has 8 bridgehead atoms. The van der Waals surface area contributed by atoms with E-state index in [1.54, 1.807) is 36.0 Å². The maximum Gasteiger partial charge on any atom is 0.181 e. The molecule has 0 atom stereocenters. The van der Waals surface area contributed by atoms with Gasteiger partial charge in [0.1, 0.15) is 17.0 Å². The predicted octanol–water partition coefficient (Wildman–Crippen LogP) is 5.45. The number of rotatable bonds is 0. The van der Waals surface area contributed by atoms with Gasteiger partial charge in [-0.05, 0) is 36.4 Å². The molecule has 0 saturated carbocycles. The molecule has 0 saturated heterocycles. The van der Waals surface area contributed by atoms with Crippen LogP contribution in [0.3, 0.4) is 0 Å². The number of halogens is 1. The van der Waals surface area contributed by atoms with E-state index in [1.165, 1.54) is 0 Å². The maximum atomic E-state index is 15.8. The topological polar surface area (TPSA) is 98.9 Å². The van der Waals surface area contributed by atoms with Crippen molar-refractivity contribution in [3.05, 3.63) is 60.8 Å². The van der Waals surface area contributed by atoms with Gasteiger partial charge in [0, 0.05) is 33.3 Å². The number of H-pyrrole nitrogens is 3. The van der Waals surface area contributed by atoms with Crippen molar-refractivity contribution in [2.45, 2.75) is 0 Å². The second-order valence-electron chi connectivity index (χ2n) is 7.30. The Bertz CT molecular complexity index is 1820. The SMILES string of the molecule is Fc1c2c3ccc1c1cncc(c1)[nH]c1ccc(s1)c1ccnc4nc(nc41)c-2[nH][nH]3. The molecule has 9 heteroatoms. The number of benzene rings is 1. The van der Waals surface area contributed by atoms with E-state index >= 15 is 4.39 Å². The molecule has 7 nitrogen and oxygen atoms in total. The van der Waals surface area contributed by atoms with E-state index in [0.29, 0.717) is 44.4 Å². The number of hydrogen-bond acceptors (Lipinski definition) is 5. The number of imidazole rings is 1. The first-order chi connectivity index (χ1) is 15.2. The number of nitrogens with zero attached hydrogens (tertiary/aromatic N) is 4. The van der Waals surface area contributed by atoms with Gasteiger partial charge >= 0.3 is 0 Å². The average Bonchev–Trinajstić information content (AvgIpc) is 3.51. The summed E-state index contributed by atoms with van der Waals surface area (Å²) in [6.45, 7) is 0. The fraction of sp³-hybridized carbons (Fsp3) is 0. The van der Waals surface area contributed by atoms with Crippen LogP contribution >= 0.6 is 11.3 Å². The molecule has 5 aromatic rings. The molecule has 7 rings (SSSR count). The van der Waals surface area contributed by atoms with E-state index in [1.807, 2.05) is 30.3 Å². The number of nitrogens with one attached hydrogen (secondary N) is 3. The lowest BCUT2D eigenvalue weighted by Crippen LogP contribution is -1.87. The smallest absolute Gasteiger partial charge is 0.181 e. The van der Waals surface area contributed by atoms with E-state index < -0.39 is 0 Å². The maximum absolute atomic E-state index is 15.8. The lowest BCUT2D eigenvalue weighted by atomic mass is 10.1. The zero-order chi connectivity index (χ0) is 20.5. The molecule has 0 spiro atoms. The minimum absolute atomic E-state index is 0.362. The monoisotopic (exact) mass is 425 g/mol. The van der Waals surface area contributed by atoms with Crippen LogP contribution < -0.4 is 0 Å². The summed E-state index contributed by atoms with van der Waals surface area (Å²) >= 11 is 1.60. The van der Waals surface area contributed by atoms with Crippen molar-refractivity contribution in [1.29, 1.82) is 0 Å². The van der Waals surface area contributed by atoms with E-state index in [4.69, 9.17) is 4.98 Å². The van der Waals surface area contributed by atoms with Crippen LogP contribution in [0.1, 0.15) is 0 Å². The van der Waals surface area contributed by atoms with Gasteiger partial charge in [0.25, 0.3) is 0 Å². The number of thiophene rings is 1. The highest BCUT2D eigenvalue weighted by molar-refractivity contribution is 7.23. The molecule has 1 aromatic carbocycles. The van der Waals surface area contributed by atoms with Gasteiger partial charge in [0.15, 0.2) is 11.3 Å². The molecule has 3 N–H and O–H groups in total. The van der Waals surface area contributed by atoms with Crippen LogP contribution in [0.25, 0.3) is 64.8 Å². The summed E-state index contributed by atoms with van der Waals surface area (Å²) in [5.74, 6) is -0.362. The van der Waals surface area contributed by atoms with Crippen LogP contribution in [0.4, 0.5) is 4.39 Å². The van der Waals surface area contributed by atoms with Gasteiger partial charge in [-0.2, -0.15) is 0 Å². The number of aromatic nitrogens is 7. The molecule has 2 aliphatic rings. The van der Waals surface area contributed by atoms with Gasteiger partial charge in [-0.1, -0.05) is 0 Å². The molecular weight excluding hydrogens is 413 g/mol. The Kier molecular flexibility index (Phi) is 3.20. The second kappa shape index (κ2) is 5.96. The second-order valence-corrected chi connectivity index (χ2v) is 8.39. The minimum atomic E-state index is -0.362. The van der Waals surface area contributed by atoms with Crippen molar-refractivity contribution in [2.75, 3.05) is 0 Å². The Labute approximate surface area is 176 Å². The van der Waals surface area contributed by atoms with Crippen LogP contribution in [0.5, 0.6) is 0 Å². The first kappa shape index (κ1) is 16.7. The van der Waals surface area contributed by atoms with Crippen LogP contribution in [-0.2, 0) is 0 Å². The van der Waals surface area contributed by atoms with Crippen molar-refractivity contribution in [3.63, 3.8) is 0 Å². The lowest BCUT2D eigenvalue weighted by molar-refractivity contribution is 0.644. The normalized spacial score (nSPS) is 12.0. The van der Waals surface area contributed by atoms with Gasteiger partial charge < -0.3 is 4.98 Å². The molecule has 0 amide bonds. The Balaban J connectivity index is 1.77. The van der Waals surface area contributed by atoms with Crippen molar-refractivity contribution in [2.24, 2.45) is 0 Å². The van der Waals surface area contributed by atoms with E-state index in [0.717, 1.165) is 20.4 Å². The third kappa shape index (κ3) is 2.37. The molecule has 2 aliphatic heterocycles. The summed E-state index contributed by atoms with van der Waals surface area (Å²) in [7, 11) is 0. The summed E-state index contributed by atoms with van der Waals surface area (Å²) in [6.07, 6.45) is 5.11. The largest absolute Gasteiger partial charge is 0.346 e. The summed E-state index contributed by atoms with van der Waals surface area (Å²) in [5, 5.41) is 8.13. The number of hydrogen-bond donors (Lipinski definition) is 3. The van der Waals surface area contributed by atoms with Gasteiger partial charge in [-0.3, -0.25) is 15.2 Å². The third-order valence-electron chi connectivity index (χ3n) is 5.46. The Morgan fingerprint density at radius 2 is 1.87 bits per heavy atom.